The fourth-order valence-electron chi connectivity index (χ4n) is 3.51. The van der Waals surface area contributed by atoms with Gasteiger partial charge in [-0.15, -0.1) is 10.2 Å². The maximum atomic E-state index is 12.7. The Labute approximate surface area is 192 Å². The van der Waals surface area contributed by atoms with Crippen LogP contribution >= 0.6 is 11.8 Å². The van der Waals surface area contributed by atoms with Crippen LogP contribution in [0, 0.1) is 0 Å². The summed E-state index contributed by atoms with van der Waals surface area (Å²) in [6.07, 6.45) is 3.62. The van der Waals surface area contributed by atoms with Crippen LogP contribution in [-0.2, 0) is 27.5 Å². The number of carbonyl (C=O) groups excluding carboxylic acids is 3. The van der Waals surface area contributed by atoms with Crippen molar-refractivity contribution < 1.29 is 14.4 Å². The van der Waals surface area contributed by atoms with E-state index in [1.807, 2.05) is 23.3 Å². The molecule has 1 saturated heterocycles. The molecule has 3 rings (SSSR count). The van der Waals surface area contributed by atoms with Crippen LogP contribution < -0.4 is 10.6 Å². The number of carbonyl (C=O) groups is 3. The molecule has 0 bridgehead atoms. The molecule has 1 aromatic carbocycles. The molecule has 2 aromatic rings. The molecule has 32 heavy (non-hydrogen) atoms. The van der Waals surface area contributed by atoms with Crippen LogP contribution in [0.3, 0.4) is 0 Å². The third-order valence-corrected chi connectivity index (χ3v) is 6.32. The van der Waals surface area contributed by atoms with Gasteiger partial charge >= 0.3 is 0 Å². The van der Waals surface area contributed by atoms with Crippen molar-refractivity contribution in [2.45, 2.75) is 70.0 Å². The van der Waals surface area contributed by atoms with Crippen LogP contribution in [0.4, 0.5) is 11.4 Å². The van der Waals surface area contributed by atoms with Crippen molar-refractivity contribution in [2.24, 2.45) is 0 Å². The van der Waals surface area contributed by atoms with Crippen molar-refractivity contribution in [3.05, 3.63) is 30.1 Å². The second-order valence-corrected chi connectivity index (χ2v) is 9.08. The summed E-state index contributed by atoms with van der Waals surface area (Å²) in [4.78, 5) is 38.0. The van der Waals surface area contributed by atoms with Crippen molar-refractivity contribution in [1.29, 1.82) is 0 Å². The zero-order valence-electron chi connectivity index (χ0n) is 18.8. The Morgan fingerprint density at radius 3 is 2.44 bits per heavy atom. The van der Waals surface area contributed by atoms with E-state index < -0.39 is 5.25 Å². The number of nitrogens with zero attached hydrogens (tertiary/aromatic N) is 4. The van der Waals surface area contributed by atoms with Crippen LogP contribution in [0.5, 0.6) is 0 Å². The van der Waals surface area contributed by atoms with Crippen molar-refractivity contribution in [3.8, 4) is 0 Å². The van der Waals surface area contributed by atoms with Gasteiger partial charge in [0, 0.05) is 37.8 Å². The summed E-state index contributed by atoms with van der Waals surface area (Å²) >= 11 is 1.34. The molecule has 0 aliphatic carbocycles. The average molecular weight is 459 g/mol. The Morgan fingerprint density at radius 1 is 1.09 bits per heavy atom. The molecule has 2 heterocycles. The number of aromatic nitrogens is 3. The predicted octanol–water partition coefficient (Wildman–Crippen LogP) is 3.28. The molecule has 10 heteroatoms. The highest BCUT2D eigenvalue weighted by molar-refractivity contribution is 8.00. The number of amides is 3. The second kappa shape index (κ2) is 11.1. The summed E-state index contributed by atoms with van der Waals surface area (Å²) in [6, 6.07) is 6.95. The van der Waals surface area contributed by atoms with Crippen LogP contribution in [0.1, 0.15) is 52.3 Å². The van der Waals surface area contributed by atoms with Crippen LogP contribution in [0.2, 0.25) is 0 Å². The van der Waals surface area contributed by atoms with Gasteiger partial charge in [0.15, 0.2) is 11.0 Å². The highest BCUT2D eigenvalue weighted by atomic mass is 32.2. The number of thioether (sulfide) groups is 1. The summed E-state index contributed by atoms with van der Waals surface area (Å²) in [5.74, 6) is 0.606. The fourth-order valence-corrected chi connectivity index (χ4v) is 4.44. The number of hydrogen-bond acceptors (Lipinski definition) is 6. The fraction of sp³-hybridized carbons (Fsp3) is 0.500. The number of rotatable bonds is 8. The van der Waals surface area contributed by atoms with Gasteiger partial charge in [0.25, 0.3) is 0 Å². The first kappa shape index (κ1) is 23.8. The lowest BCUT2D eigenvalue weighted by molar-refractivity contribution is -0.131. The summed E-state index contributed by atoms with van der Waals surface area (Å²) in [5.41, 5.74) is 1.32. The summed E-state index contributed by atoms with van der Waals surface area (Å²) in [7, 11) is 0. The largest absolute Gasteiger partial charge is 0.335 e. The molecule has 0 saturated carbocycles. The van der Waals surface area contributed by atoms with Gasteiger partial charge in [-0.2, -0.15) is 0 Å². The molecule has 3 amide bonds. The minimum Gasteiger partial charge on any atom is -0.335 e. The molecule has 9 nitrogen and oxygen atoms in total. The van der Waals surface area contributed by atoms with Crippen molar-refractivity contribution >= 4 is 40.9 Å². The normalized spacial score (nSPS) is 15.2. The molecule has 172 valence electrons. The monoisotopic (exact) mass is 458 g/mol. The van der Waals surface area contributed by atoms with Crippen LogP contribution in [0.15, 0.2) is 29.4 Å². The van der Waals surface area contributed by atoms with E-state index in [0.717, 1.165) is 31.6 Å². The van der Waals surface area contributed by atoms with Gasteiger partial charge < -0.3 is 20.1 Å². The molecule has 1 fully saturated rings. The third kappa shape index (κ3) is 6.32. The molecule has 1 atom stereocenters. The average Bonchev–Trinajstić information content (AvgIpc) is 3.02. The van der Waals surface area contributed by atoms with Gasteiger partial charge in [0.2, 0.25) is 17.7 Å². The SMILES string of the molecule is CCn1c(CN2CCCCCC2=O)nnc1SC(C)C(=O)Nc1ccc(NC(C)=O)cc1. The highest BCUT2D eigenvalue weighted by Crippen LogP contribution is 2.25. The van der Waals surface area contributed by atoms with Crippen molar-refractivity contribution in [3.63, 3.8) is 0 Å². The summed E-state index contributed by atoms with van der Waals surface area (Å²) < 4.78 is 1.97. The Bertz CT molecular complexity index is 959. The van der Waals surface area contributed by atoms with Crippen LogP contribution in [0.25, 0.3) is 0 Å². The number of hydrogen-bond donors (Lipinski definition) is 2. The van der Waals surface area contributed by atoms with E-state index in [0.29, 0.717) is 36.0 Å². The van der Waals surface area contributed by atoms with E-state index in [1.165, 1.54) is 18.7 Å². The Morgan fingerprint density at radius 2 is 1.78 bits per heavy atom. The van der Waals surface area contributed by atoms with Gasteiger partial charge in [-0.3, -0.25) is 14.4 Å². The van der Waals surface area contributed by atoms with Crippen LogP contribution in [-0.4, -0.2) is 49.2 Å². The molecule has 2 N–H and O–H groups in total. The standard InChI is InChI=1S/C22H30N6O3S/c1-4-28-19(14-27-13-7-5-6-8-20(27)30)25-26-22(28)32-15(2)21(31)24-18-11-9-17(10-12-18)23-16(3)29/h9-12,15H,4-8,13-14H2,1-3H3,(H,23,29)(H,24,31). The van der Waals surface area contributed by atoms with Gasteiger partial charge in [0.1, 0.15) is 0 Å². The predicted molar refractivity (Wildman–Crippen MR) is 124 cm³/mol. The second-order valence-electron chi connectivity index (χ2n) is 7.78. The van der Waals surface area contributed by atoms with E-state index >= 15 is 0 Å². The van der Waals surface area contributed by atoms with Crippen molar-refractivity contribution in [2.75, 3.05) is 17.2 Å². The Hall–Kier alpha value is -2.88. The van der Waals surface area contributed by atoms with E-state index in [9.17, 15) is 14.4 Å². The summed E-state index contributed by atoms with van der Waals surface area (Å²) in [5, 5.41) is 14.4. The summed E-state index contributed by atoms with van der Waals surface area (Å²) in [6.45, 7) is 7.12. The minimum atomic E-state index is -0.396. The minimum absolute atomic E-state index is 0.147. The van der Waals surface area contributed by atoms with Crippen molar-refractivity contribution in [1.82, 2.24) is 19.7 Å². The van der Waals surface area contributed by atoms with E-state index in [-0.39, 0.29) is 17.7 Å². The van der Waals surface area contributed by atoms with E-state index in [1.54, 1.807) is 24.3 Å². The van der Waals surface area contributed by atoms with E-state index in [4.69, 9.17) is 0 Å². The zero-order chi connectivity index (χ0) is 23.1. The van der Waals surface area contributed by atoms with Gasteiger partial charge in [-0.05, 0) is 51.0 Å². The molecule has 1 aliphatic rings. The smallest absolute Gasteiger partial charge is 0.237 e. The molecule has 1 unspecified atom stereocenters. The van der Waals surface area contributed by atoms with Gasteiger partial charge in [-0.25, -0.2) is 0 Å². The number of likely N-dealkylation sites (tertiary alicyclic amines) is 1. The van der Waals surface area contributed by atoms with Gasteiger partial charge in [0.05, 0.1) is 11.8 Å². The topological polar surface area (TPSA) is 109 Å². The Kier molecular flexibility index (Phi) is 8.26. The lowest BCUT2D eigenvalue weighted by Crippen LogP contribution is -2.31. The quantitative estimate of drug-likeness (QED) is 0.588. The maximum absolute atomic E-state index is 12.7. The molecule has 1 aliphatic heterocycles. The first-order valence-corrected chi connectivity index (χ1v) is 11.8. The molecule has 0 spiro atoms. The molecular formula is C22H30N6O3S. The molecular weight excluding hydrogens is 428 g/mol. The van der Waals surface area contributed by atoms with Gasteiger partial charge in [-0.1, -0.05) is 18.2 Å². The number of anilines is 2. The Balaban J connectivity index is 1.61. The maximum Gasteiger partial charge on any atom is 0.237 e. The third-order valence-electron chi connectivity index (χ3n) is 5.24. The lowest BCUT2D eigenvalue weighted by atomic mass is 10.2. The number of benzene rings is 1. The number of nitrogens with one attached hydrogen (secondary N) is 2. The van der Waals surface area contributed by atoms with E-state index in [2.05, 4.69) is 20.8 Å². The molecule has 1 aromatic heterocycles. The highest BCUT2D eigenvalue weighted by Gasteiger charge is 2.23. The first-order valence-electron chi connectivity index (χ1n) is 10.9. The molecule has 0 radical (unpaired) electrons. The zero-order valence-corrected chi connectivity index (χ0v) is 19.6. The first-order chi connectivity index (χ1) is 15.4. The lowest BCUT2D eigenvalue weighted by Gasteiger charge is -2.20.